The summed E-state index contributed by atoms with van der Waals surface area (Å²) in [6.07, 6.45) is 4.72. The maximum atomic E-state index is 11.0. The minimum Gasteiger partial charge on any atom is -0.385 e. The molecule has 0 heterocycles. The molecule has 0 amide bonds. The molecule has 0 aromatic heterocycles. The molecule has 2 saturated carbocycles. The van der Waals surface area contributed by atoms with E-state index in [2.05, 4.69) is 42.5 Å². The zero-order valence-corrected chi connectivity index (χ0v) is 10.5. The van der Waals surface area contributed by atoms with E-state index in [1.54, 1.807) is 0 Å². The molecule has 1 nitrogen and oxygen atoms in total. The molecule has 1 heteroatoms. The molecule has 2 aromatic carbocycles. The predicted molar refractivity (Wildman–Crippen MR) is 73.3 cm³/mol. The highest BCUT2D eigenvalue weighted by Gasteiger charge is 2.50. The molecule has 0 spiro atoms. The molecular weight excluding hydrogens is 220 g/mol. The SMILES string of the molecule is OC1(c2ccc3ccccc3c2)CC2CCC1C2. The van der Waals surface area contributed by atoms with E-state index in [1.165, 1.54) is 30.0 Å². The third kappa shape index (κ3) is 1.37. The highest BCUT2D eigenvalue weighted by atomic mass is 16.3. The van der Waals surface area contributed by atoms with Crippen LogP contribution < -0.4 is 0 Å². The summed E-state index contributed by atoms with van der Waals surface area (Å²) in [7, 11) is 0. The molecule has 2 aliphatic carbocycles. The Kier molecular flexibility index (Phi) is 2.10. The summed E-state index contributed by atoms with van der Waals surface area (Å²) in [5, 5.41) is 13.5. The molecule has 2 fully saturated rings. The molecule has 4 rings (SSSR count). The van der Waals surface area contributed by atoms with Crippen LogP contribution in [0, 0.1) is 11.8 Å². The maximum absolute atomic E-state index is 11.0. The van der Waals surface area contributed by atoms with Crippen molar-refractivity contribution in [2.75, 3.05) is 0 Å². The van der Waals surface area contributed by atoms with Crippen LogP contribution in [0.15, 0.2) is 42.5 Å². The predicted octanol–water partition coefficient (Wildman–Crippen LogP) is 3.85. The van der Waals surface area contributed by atoms with Crippen molar-refractivity contribution in [2.45, 2.75) is 31.3 Å². The van der Waals surface area contributed by atoms with E-state index in [-0.39, 0.29) is 0 Å². The van der Waals surface area contributed by atoms with Crippen molar-refractivity contribution in [2.24, 2.45) is 11.8 Å². The molecule has 0 aliphatic heterocycles. The van der Waals surface area contributed by atoms with E-state index < -0.39 is 5.60 Å². The zero-order chi connectivity index (χ0) is 12.2. The number of benzene rings is 2. The van der Waals surface area contributed by atoms with Crippen molar-refractivity contribution < 1.29 is 5.11 Å². The number of hydrogen-bond acceptors (Lipinski definition) is 1. The second kappa shape index (κ2) is 3.58. The normalized spacial score (nSPS) is 34.3. The number of hydrogen-bond donors (Lipinski definition) is 1. The van der Waals surface area contributed by atoms with Gasteiger partial charge in [0.25, 0.3) is 0 Å². The Hall–Kier alpha value is -1.34. The Bertz CT molecular complexity index is 603. The fraction of sp³-hybridized carbons (Fsp3) is 0.412. The van der Waals surface area contributed by atoms with Crippen LogP contribution in [0.4, 0.5) is 0 Å². The third-order valence-electron chi connectivity index (χ3n) is 5.07. The van der Waals surface area contributed by atoms with Gasteiger partial charge in [-0.1, -0.05) is 36.4 Å². The lowest BCUT2D eigenvalue weighted by atomic mass is 9.78. The summed E-state index contributed by atoms with van der Waals surface area (Å²) >= 11 is 0. The van der Waals surface area contributed by atoms with Gasteiger partial charge in [-0.25, -0.2) is 0 Å². The summed E-state index contributed by atoms with van der Waals surface area (Å²) in [5.74, 6) is 1.25. The van der Waals surface area contributed by atoms with Gasteiger partial charge in [0.2, 0.25) is 0 Å². The van der Waals surface area contributed by atoms with Gasteiger partial charge in [-0.2, -0.15) is 0 Å². The second-order valence-electron chi connectivity index (χ2n) is 6.07. The Morgan fingerprint density at radius 1 is 1.00 bits per heavy atom. The third-order valence-corrected chi connectivity index (χ3v) is 5.07. The van der Waals surface area contributed by atoms with Gasteiger partial charge in [-0.15, -0.1) is 0 Å². The fourth-order valence-corrected chi connectivity index (χ4v) is 4.11. The topological polar surface area (TPSA) is 20.2 Å². The quantitative estimate of drug-likeness (QED) is 0.800. The van der Waals surface area contributed by atoms with Gasteiger partial charge in [-0.05, 0) is 59.9 Å². The lowest BCUT2D eigenvalue weighted by molar-refractivity contribution is -0.0181. The lowest BCUT2D eigenvalue weighted by Crippen LogP contribution is -2.32. The standard InChI is InChI=1S/C17H18O/c18-17(11-12-5-7-15(17)9-12)16-8-6-13-3-1-2-4-14(13)10-16/h1-4,6,8,10,12,15,18H,5,7,9,11H2. The minimum absolute atomic E-state index is 0.490. The Morgan fingerprint density at radius 3 is 2.56 bits per heavy atom. The first kappa shape index (κ1) is 10.6. The largest absolute Gasteiger partial charge is 0.385 e. The Labute approximate surface area is 107 Å². The molecule has 3 atom stereocenters. The van der Waals surface area contributed by atoms with Gasteiger partial charge in [0, 0.05) is 0 Å². The summed E-state index contributed by atoms with van der Waals surface area (Å²) in [4.78, 5) is 0. The van der Waals surface area contributed by atoms with Gasteiger partial charge < -0.3 is 5.11 Å². The second-order valence-corrected chi connectivity index (χ2v) is 6.07. The average Bonchev–Trinajstić information content (AvgIpc) is 2.99. The van der Waals surface area contributed by atoms with E-state index in [4.69, 9.17) is 0 Å². The van der Waals surface area contributed by atoms with Gasteiger partial charge in [0.05, 0.1) is 5.60 Å². The Balaban J connectivity index is 1.83. The molecule has 0 radical (unpaired) electrons. The van der Waals surface area contributed by atoms with Crippen LogP contribution in [-0.2, 0) is 5.60 Å². The van der Waals surface area contributed by atoms with E-state index in [0.717, 1.165) is 17.9 Å². The molecule has 0 saturated heterocycles. The van der Waals surface area contributed by atoms with Crippen LogP contribution >= 0.6 is 0 Å². The highest BCUT2D eigenvalue weighted by Crippen LogP contribution is 2.55. The molecule has 92 valence electrons. The van der Waals surface area contributed by atoms with E-state index in [0.29, 0.717) is 5.92 Å². The Morgan fingerprint density at radius 2 is 1.83 bits per heavy atom. The molecule has 3 unspecified atom stereocenters. The van der Waals surface area contributed by atoms with Crippen molar-refractivity contribution in [3.05, 3.63) is 48.0 Å². The van der Waals surface area contributed by atoms with Gasteiger partial charge in [0.1, 0.15) is 0 Å². The molecule has 2 aliphatic rings. The molecule has 1 N–H and O–H groups in total. The summed E-state index contributed by atoms with van der Waals surface area (Å²) in [6, 6.07) is 14.9. The lowest BCUT2D eigenvalue weighted by Gasteiger charge is -2.33. The first-order chi connectivity index (χ1) is 8.75. The molecular formula is C17H18O. The van der Waals surface area contributed by atoms with Crippen LogP contribution in [0.2, 0.25) is 0 Å². The van der Waals surface area contributed by atoms with Crippen molar-refractivity contribution in [3.63, 3.8) is 0 Å². The summed E-state index contributed by atoms with van der Waals surface area (Å²) < 4.78 is 0. The van der Waals surface area contributed by atoms with E-state index >= 15 is 0 Å². The van der Waals surface area contributed by atoms with Crippen LogP contribution in [0.3, 0.4) is 0 Å². The first-order valence-electron chi connectivity index (χ1n) is 6.97. The zero-order valence-electron chi connectivity index (χ0n) is 10.5. The summed E-state index contributed by atoms with van der Waals surface area (Å²) in [6.45, 7) is 0. The van der Waals surface area contributed by atoms with Crippen molar-refractivity contribution in [1.82, 2.24) is 0 Å². The first-order valence-corrected chi connectivity index (χ1v) is 6.97. The number of fused-ring (bicyclic) bond motifs is 3. The average molecular weight is 238 g/mol. The van der Waals surface area contributed by atoms with Crippen LogP contribution in [0.5, 0.6) is 0 Å². The van der Waals surface area contributed by atoms with Crippen LogP contribution in [-0.4, -0.2) is 5.11 Å². The van der Waals surface area contributed by atoms with Crippen molar-refractivity contribution in [1.29, 1.82) is 0 Å². The van der Waals surface area contributed by atoms with Gasteiger partial charge in [-0.3, -0.25) is 0 Å². The van der Waals surface area contributed by atoms with Crippen LogP contribution in [0.25, 0.3) is 10.8 Å². The smallest absolute Gasteiger partial charge is 0.0927 e. The molecule has 2 aromatic rings. The number of rotatable bonds is 1. The molecule has 18 heavy (non-hydrogen) atoms. The molecule has 2 bridgehead atoms. The van der Waals surface area contributed by atoms with E-state index in [1.807, 2.05) is 0 Å². The van der Waals surface area contributed by atoms with Gasteiger partial charge in [0.15, 0.2) is 0 Å². The minimum atomic E-state index is -0.549. The van der Waals surface area contributed by atoms with Crippen molar-refractivity contribution in [3.8, 4) is 0 Å². The monoisotopic (exact) mass is 238 g/mol. The number of aliphatic hydroxyl groups is 1. The fourth-order valence-electron chi connectivity index (χ4n) is 4.11. The van der Waals surface area contributed by atoms with Crippen LogP contribution in [0.1, 0.15) is 31.2 Å². The van der Waals surface area contributed by atoms with Gasteiger partial charge >= 0.3 is 0 Å². The van der Waals surface area contributed by atoms with Crippen molar-refractivity contribution >= 4 is 10.8 Å². The summed E-state index contributed by atoms with van der Waals surface area (Å²) in [5.41, 5.74) is 0.584. The maximum Gasteiger partial charge on any atom is 0.0927 e. The van der Waals surface area contributed by atoms with E-state index in [9.17, 15) is 5.11 Å². The highest BCUT2D eigenvalue weighted by molar-refractivity contribution is 5.83.